The van der Waals surface area contributed by atoms with E-state index in [-0.39, 0.29) is 0 Å². The van der Waals surface area contributed by atoms with Crippen LogP contribution in [-0.4, -0.2) is 14.8 Å². The number of hydrogen-bond acceptors (Lipinski definition) is 2. The number of rotatable bonds is 4. The van der Waals surface area contributed by atoms with Gasteiger partial charge in [-0.2, -0.15) is 13.2 Å². The minimum absolute atomic E-state index is 0.351. The number of carbonyl (C=O) groups excluding carboxylic acids is 1. The first-order chi connectivity index (χ1) is 8.88. The molecule has 0 aliphatic heterocycles. The Bertz CT molecular complexity index is 452. The Kier molecular flexibility index (Phi) is 4.18. The van der Waals surface area contributed by atoms with E-state index in [9.17, 15) is 18.0 Å². The van der Waals surface area contributed by atoms with Crippen molar-refractivity contribution in [2.24, 2.45) is 5.92 Å². The molecule has 0 bridgehead atoms. The molecular formula is C12H14ClF3N2O. The van der Waals surface area contributed by atoms with Gasteiger partial charge >= 0.3 is 6.18 Å². The molecule has 106 valence electrons. The summed E-state index contributed by atoms with van der Waals surface area (Å²) in [6.07, 6.45) is 2.07. The van der Waals surface area contributed by atoms with Gasteiger partial charge in [0.15, 0.2) is 5.69 Å². The maximum atomic E-state index is 12.5. The van der Waals surface area contributed by atoms with Gasteiger partial charge in [0.05, 0.1) is 6.33 Å². The predicted molar refractivity (Wildman–Crippen MR) is 63.7 cm³/mol. The maximum absolute atomic E-state index is 12.5. The van der Waals surface area contributed by atoms with E-state index in [2.05, 4.69) is 4.98 Å². The minimum atomic E-state index is -4.50. The van der Waals surface area contributed by atoms with Crippen LogP contribution < -0.4 is 0 Å². The van der Waals surface area contributed by atoms with Crippen molar-refractivity contribution >= 4 is 16.8 Å². The van der Waals surface area contributed by atoms with E-state index in [0.717, 1.165) is 38.2 Å². The number of nitrogens with zero attached hydrogens (tertiary/aromatic N) is 2. The molecule has 19 heavy (non-hydrogen) atoms. The molecule has 0 saturated heterocycles. The quantitative estimate of drug-likeness (QED) is 0.792. The Labute approximate surface area is 113 Å². The standard InChI is InChI=1S/C12H14ClF3N2O/c13-11(19)9(5-8-3-1-2-4-8)18-6-10(17-7-18)12(14,15)16/h6-9H,1-5H2. The summed E-state index contributed by atoms with van der Waals surface area (Å²) >= 11 is 5.51. The summed E-state index contributed by atoms with van der Waals surface area (Å²) in [5, 5.41) is -0.641. The Morgan fingerprint density at radius 2 is 2.11 bits per heavy atom. The summed E-state index contributed by atoms with van der Waals surface area (Å²) in [7, 11) is 0. The fraction of sp³-hybridized carbons (Fsp3) is 0.667. The van der Waals surface area contributed by atoms with Gasteiger partial charge in [0.1, 0.15) is 6.04 Å². The van der Waals surface area contributed by atoms with Crippen molar-refractivity contribution in [2.75, 3.05) is 0 Å². The molecule has 1 aromatic heterocycles. The first-order valence-electron chi connectivity index (χ1n) is 6.18. The lowest BCUT2D eigenvalue weighted by molar-refractivity contribution is -0.141. The number of aromatic nitrogens is 2. The van der Waals surface area contributed by atoms with Crippen molar-refractivity contribution in [1.82, 2.24) is 9.55 Å². The van der Waals surface area contributed by atoms with Crippen LogP contribution in [0.3, 0.4) is 0 Å². The third-order valence-electron chi connectivity index (χ3n) is 3.55. The topological polar surface area (TPSA) is 34.9 Å². The van der Waals surface area contributed by atoms with Crippen LogP contribution >= 0.6 is 11.6 Å². The molecule has 2 rings (SSSR count). The number of hydrogen-bond donors (Lipinski definition) is 0. The van der Waals surface area contributed by atoms with E-state index in [0.29, 0.717) is 12.3 Å². The number of halogens is 4. The molecule has 1 aromatic rings. The second-order valence-corrected chi connectivity index (χ2v) is 5.28. The zero-order valence-corrected chi connectivity index (χ0v) is 10.9. The van der Waals surface area contributed by atoms with E-state index >= 15 is 0 Å². The highest BCUT2D eigenvalue weighted by molar-refractivity contribution is 6.64. The van der Waals surface area contributed by atoms with Crippen LogP contribution in [0.25, 0.3) is 0 Å². The third kappa shape index (κ3) is 3.49. The second-order valence-electron chi connectivity index (χ2n) is 4.91. The fourth-order valence-electron chi connectivity index (χ4n) is 2.55. The summed E-state index contributed by atoms with van der Waals surface area (Å²) in [6, 6.07) is -0.756. The van der Waals surface area contributed by atoms with Crippen molar-refractivity contribution in [2.45, 2.75) is 44.3 Å². The van der Waals surface area contributed by atoms with Gasteiger partial charge < -0.3 is 4.57 Å². The molecule has 1 fully saturated rings. The van der Waals surface area contributed by atoms with Crippen LogP contribution in [0, 0.1) is 5.92 Å². The second kappa shape index (κ2) is 5.53. The van der Waals surface area contributed by atoms with E-state index in [1.165, 1.54) is 4.57 Å². The third-order valence-corrected chi connectivity index (χ3v) is 3.80. The van der Waals surface area contributed by atoms with E-state index < -0.39 is 23.2 Å². The predicted octanol–water partition coefficient (Wildman–Crippen LogP) is 3.79. The normalized spacial score (nSPS) is 18.7. The van der Waals surface area contributed by atoms with Crippen molar-refractivity contribution in [3.8, 4) is 0 Å². The van der Waals surface area contributed by atoms with E-state index in [1.54, 1.807) is 0 Å². The van der Waals surface area contributed by atoms with Gasteiger partial charge in [0, 0.05) is 6.20 Å². The lowest BCUT2D eigenvalue weighted by atomic mass is 9.99. The number of alkyl halides is 3. The highest BCUT2D eigenvalue weighted by Gasteiger charge is 2.35. The van der Waals surface area contributed by atoms with Crippen LogP contribution in [0.2, 0.25) is 0 Å². The average molecular weight is 295 g/mol. The molecule has 0 aromatic carbocycles. The van der Waals surface area contributed by atoms with Crippen LogP contribution in [0.4, 0.5) is 13.2 Å². The molecule has 1 aliphatic rings. The van der Waals surface area contributed by atoms with Gasteiger partial charge in [-0.25, -0.2) is 4.98 Å². The molecule has 7 heteroatoms. The Hall–Kier alpha value is -1.04. The van der Waals surface area contributed by atoms with E-state index in [4.69, 9.17) is 11.6 Å². The van der Waals surface area contributed by atoms with Crippen molar-refractivity contribution in [1.29, 1.82) is 0 Å². The summed E-state index contributed by atoms with van der Waals surface area (Å²) in [5.41, 5.74) is -0.998. The van der Waals surface area contributed by atoms with Crippen molar-refractivity contribution in [3.05, 3.63) is 18.2 Å². The van der Waals surface area contributed by atoms with Crippen LogP contribution in [0.1, 0.15) is 43.8 Å². The highest BCUT2D eigenvalue weighted by atomic mass is 35.5. The van der Waals surface area contributed by atoms with Gasteiger partial charge in [0.2, 0.25) is 5.24 Å². The van der Waals surface area contributed by atoms with Gasteiger partial charge in [-0.05, 0) is 23.9 Å². The zero-order chi connectivity index (χ0) is 14.0. The molecule has 0 amide bonds. The molecule has 1 aliphatic carbocycles. The summed E-state index contributed by atoms with van der Waals surface area (Å²) in [6.45, 7) is 0. The SMILES string of the molecule is O=C(Cl)C(CC1CCCC1)n1cnc(C(F)(F)F)c1. The lowest BCUT2D eigenvalue weighted by Gasteiger charge is -2.18. The first-order valence-corrected chi connectivity index (χ1v) is 6.55. The maximum Gasteiger partial charge on any atom is 0.434 e. The first kappa shape index (κ1) is 14.4. The molecule has 1 saturated carbocycles. The molecule has 0 radical (unpaired) electrons. The highest BCUT2D eigenvalue weighted by Crippen LogP contribution is 2.34. The Balaban J connectivity index is 2.14. The zero-order valence-electron chi connectivity index (χ0n) is 10.2. The molecule has 3 nitrogen and oxygen atoms in total. The lowest BCUT2D eigenvalue weighted by Crippen LogP contribution is -2.17. The van der Waals surface area contributed by atoms with Gasteiger partial charge in [-0.1, -0.05) is 25.7 Å². The van der Waals surface area contributed by atoms with Gasteiger partial charge in [0.25, 0.3) is 0 Å². The summed E-state index contributed by atoms with van der Waals surface area (Å²) in [5.74, 6) is 0.351. The van der Waals surface area contributed by atoms with Crippen LogP contribution in [-0.2, 0) is 11.0 Å². The summed E-state index contributed by atoms with van der Waals surface area (Å²) < 4.78 is 38.6. The van der Waals surface area contributed by atoms with E-state index in [1.807, 2.05) is 0 Å². The molecule has 0 N–H and O–H groups in total. The van der Waals surface area contributed by atoms with Crippen molar-refractivity contribution < 1.29 is 18.0 Å². The molecule has 1 unspecified atom stereocenters. The fourth-order valence-corrected chi connectivity index (χ4v) is 2.75. The molecule has 1 heterocycles. The molecule has 1 atom stereocenters. The van der Waals surface area contributed by atoms with Crippen molar-refractivity contribution in [3.63, 3.8) is 0 Å². The largest absolute Gasteiger partial charge is 0.434 e. The number of imidazole rings is 1. The molecule has 0 spiro atoms. The number of carbonyl (C=O) groups is 1. The molecular weight excluding hydrogens is 281 g/mol. The Morgan fingerprint density at radius 1 is 1.47 bits per heavy atom. The van der Waals surface area contributed by atoms with Gasteiger partial charge in [-0.3, -0.25) is 4.79 Å². The monoisotopic (exact) mass is 294 g/mol. The average Bonchev–Trinajstić information content (AvgIpc) is 2.95. The smallest absolute Gasteiger partial charge is 0.325 e. The van der Waals surface area contributed by atoms with Gasteiger partial charge in [-0.15, -0.1) is 0 Å². The van der Waals surface area contributed by atoms with Crippen LogP contribution in [0.15, 0.2) is 12.5 Å². The summed E-state index contributed by atoms with van der Waals surface area (Å²) in [4.78, 5) is 14.7. The Morgan fingerprint density at radius 3 is 2.58 bits per heavy atom. The minimum Gasteiger partial charge on any atom is -0.325 e. The van der Waals surface area contributed by atoms with Crippen LogP contribution in [0.5, 0.6) is 0 Å².